The number of hydrogen-bond acceptors (Lipinski definition) is 5. The van der Waals surface area contributed by atoms with Gasteiger partial charge in [-0.2, -0.15) is 0 Å². The number of nitrogens with two attached hydrogens (primary N) is 1. The molecule has 1 heterocycles. The second-order valence-electron chi connectivity index (χ2n) is 4.76. The van der Waals surface area contributed by atoms with Gasteiger partial charge >= 0.3 is 0 Å². The van der Waals surface area contributed by atoms with Crippen LogP contribution in [0.1, 0.15) is 16.8 Å². The van der Waals surface area contributed by atoms with E-state index in [0.717, 1.165) is 11.1 Å². The van der Waals surface area contributed by atoms with Gasteiger partial charge in [0.1, 0.15) is 11.5 Å². The number of aromatic nitrogens is 1. The number of carbonyl (C=O) groups excluding carboxylic acids is 1. The van der Waals surface area contributed by atoms with Gasteiger partial charge in [-0.05, 0) is 24.1 Å². The van der Waals surface area contributed by atoms with Gasteiger partial charge in [0.05, 0.1) is 11.3 Å². The Morgan fingerprint density at radius 3 is 2.55 bits per heavy atom. The Labute approximate surface area is 127 Å². The van der Waals surface area contributed by atoms with Gasteiger partial charge in [-0.3, -0.25) is 14.9 Å². The molecule has 0 spiro atoms. The molecule has 22 heavy (non-hydrogen) atoms. The molecule has 7 nitrogen and oxygen atoms in total. The standard InChI is InChI=1S/C15H16N4O3/c1-10-13(19(21)22)6-7-14(17-10)18-15(20)8-11-4-2-3-5-12(11)9-16/h2-7H,8-9,16H2,1H3,(H,17,18,20). The highest BCUT2D eigenvalue weighted by Gasteiger charge is 2.13. The number of pyridine rings is 1. The molecule has 114 valence electrons. The predicted octanol–water partition coefficient (Wildman–Crippen LogP) is 1.94. The van der Waals surface area contributed by atoms with E-state index in [0.29, 0.717) is 12.4 Å². The van der Waals surface area contributed by atoms with E-state index >= 15 is 0 Å². The van der Waals surface area contributed by atoms with Crippen LogP contribution in [0.15, 0.2) is 36.4 Å². The Hall–Kier alpha value is -2.80. The third-order valence-corrected chi connectivity index (χ3v) is 3.21. The van der Waals surface area contributed by atoms with Crippen LogP contribution in [0.3, 0.4) is 0 Å². The van der Waals surface area contributed by atoms with Crippen molar-refractivity contribution in [3.8, 4) is 0 Å². The van der Waals surface area contributed by atoms with Gasteiger partial charge in [-0.25, -0.2) is 4.98 Å². The van der Waals surface area contributed by atoms with Gasteiger partial charge in [0, 0.05) is 12.6 Å². The lowest BCUT2D eigenvalue weighted by Gasteiger charge is -2.08. The summed E-state index contributed by atoms with van der Waals surface area (Å²) in [5, 5.41) is 13.4. The van der Waals surface area contributed by atoms with Gasteiger partial charge in [0.15, 0.2) is 0 Å². The van der Waals surface area contributed by atoms with Crippen LogP contribution in [-0.2, 0) is 17.8 Å². The average Bonchev–Trinajstić information content (AvgIpc) is 2.47. The van der Waals surface area contributed by atoms with Crippen molar-refractivity contribution in [2.75, 3.05) is 5.32 Å². The molecule has 1 aromatic heterocycles. The zero-order valence-corrected chi connectivity index (χ0v) is 12.1. The maximum Gasteiger partial charge on any atom is 0.290 e. The van der Waals surface area contributed by atoms with Crippen molar-refractivity contribution in [2.45, 2.75) is 19.9 Å². The number of rotatable bonds is 5. The lowest BCUT2D eigenvalue weighted by Crippen LogP contribution is -2.17. The van der Waals surface area contributed by atoms with Crippen molar-refractivity contribution in [2.24, 2.45) is 5.73 Å². The van der Waals surface area contributed by atoms with Gasteiger partial charge < -0.3 is 11.1 Å². The van der Waals surface area contributed by atoms with Gasteiger partial charge in [0.25, 0.3) is 5.69 Å². The van der Waals surface area contributed by atoms with E-state index in [1.807, 2.05) is 24.3 Å². The number of hydrogen-bond donors (Lipinski definition) is 2. The SMILES string of the molecule is Cc1nc(NC(=O)Cc2ccccc2CN)ccc1[N+](=O)[O-]. The van der Waals surface area contributed by atoms with E-state index in [2.05, 4.69) is 10.3 Å². The highest BCUT2D eigenvalue weighted by Crippen LogP contribution is 2.18. The molecule has 3 N–H and O–H groups in total. The average molecular weight is 300 g/mol. The summed E-state index contributed by atoms with van der Waals surface area (Å²) in [6.45, 7) is 1.88. The first-order valence-electron chi connectivity index (χ1n) is 6.70. The Kier molecular flexibility index (Phi) is 4.80. The summed E-state index contributed by atoms with van der Waals surface area (Å²) >= 11 is 0. The summed E-state index contributed by atoms with van der Waals surface area (Å²) in [7, 11) is 0. The Balaban J connectivity index is 2.09. The zero-order valence-electron chi connectivity index (χ0n) is 12.1. The summed E-state index contributed by atoms with van der Waals surface area (Å²) < 4.78 is 0. The number of nitro groups is 1. The van der Waals surface area contributed by atoms with Crippen LogP contribution in [0.2, 0.25) is 0 Å². The molecule has 1 aromatic carbocycles. The maximum atomic E-state index is 12.1. The summed E-state index contributed by atoms with van der Waals surface area (Å²) in [5.74, 6) is 0.0417. The van der Waals surface area contributed by atoms with Crippen LogP contribution in [0.25, 0.3) is 0 Å². The summed E-state index contributed by atoms with van der Waals surface area (Å²) in [5.41, 5.74) is 7.57. The molecule has 0 radical (unpaired) electrons. The maximum absolute atomic E-state index is 12.1. The van der Waals surface area contributed by atoms with Crippen molar-refractivity contribution in [1.82, 2.24) is 4.98 Å². The molecule has 0 unspecified atom stereocenters. The van der Waals surface area contributed by atoms with Crippen LogP contribution in [0.5, 0.6) is 0 Å². The van der Waals surface area contributed by atoms with E-state index in [4.69, 9.17) is 5.73 Å². The number of nitrogens with zero attached hydrogens (tertiary/aromatic N) is 2. The number of anilines is 1. The summed E-state index contributed by atoms with van der Waals surface area (Å²) in [4.78, 5) is 26.3. The van der Waals surface area contributed by atoms with Crippen LogP contribution >= 0.6 is 0 Å². The Bertz CT molecular complexity index is 716. The monoisotopic (exact) mass is 300 g/mol. The molecule has 2 aromatic rings. The normalized spacial score (nSPS) is 10.3. The summed E-state index contributed by atoms with van der Waals surface area (Å²) in [6.07, 6.45) is 0.172. The Morgan fingerprint density at radius 1 is 1.27 bits per heavy atom. The smallest absolute Gasteiger partial charge is 0.290 e. The molecule has 0 fully saturated rings. The van der Waals surface area contributed by atoms with Crippen LogP contribution < -0.4 is 11.1 Å². The first kappa shape index (κ1) is 15.6. The van der Waals surface area contributed by atoms with Crippen molar-refractivity contribution in [3.63, 3.8) is 0 Å². The van der Waals surface area contributed by atoms with Crippen molar-refractivity contribution >= 4 is 17.4 Å². The number of benzene rings is 1. The molecule has 0 saturated carbocycles. The molecule has 0 aliphatic rings. The minimum Gasteiger partial charge on any atom is -0.326 e. The summed E-state index contributed by atoms with van der Waals surface area (Å²) in [6, 6.07) is 10.2. The van der Waals surface area contributed by atoms with Gasteiger partial charge in [-0.1, -0.05) is 24.3 Å². The van der Waals surface area contributed by atoms with E-state index < -0.39 is 4.92 Å². The minimum atomic E-state index is -0.509. The predicted molar refractivity (Wildman–Crippen MR) is 82.3 cm³/mol. The molecule has 0 aliphatic heterocycles. The van der Waals surface area contributed by atoms with Crippen LogP contribution in [0, 0.1) is 17.0 Å². The highest BCUT2D eigenvalue weighted by molar-refractivity contribution is 5.91. The van der Waals surface area contributed by atoms with E-state index in [1.54, 1.807) is 0 Å². The van der Waals surface area contributed by atoms with E-state index in [-0.39, 0.29) is 23.7 Å². The molecular weight excluding hydrogens is 284 g/mol. The highest BCUT2D eigenvalue weighted by atomic mass is 16.6. The van der Waals surface area contributed by atoms with E-state index in [1.165, 1.54) is 19.1 Å². The quantitative estimate of drug-likeness (QED) is 0.647. The second kappa shape index (κ2) is 6.77. The zero-order chi connectivity index (χ0) is 16.1. The number of nitrogens with one attached hydrogen (secondary N) is 1. The third-order valence-electron chi connectivity index (χ3n) is 3.21. The van der Waals surface area contributed by atoms with Crippen LogP contribution in [0.4, 0.5) is 11.5 Å². The fourth-order valence-corrected chi connectivity index (χ4v) is 2.11. The third kappa shape index (κ3) is 3.64. The van der Waals surface area contributed by atoms with Crippen molar-refractivity contribution in [3.05, 3.63) is 63.3 Å². The van der Waals surface area contributed by atoms with E-state index in [9.17, 15) is 14.9 Å². The molecule has 7 heteroatoms. The molecule has 0 bridgehead atoms. The van der Waals surface area contributed by atoms with Crippen molar-refractivity contribution in [1.29, 1.82) is 0 Å². The topological polar surface area (TPSA) is 111 Å². The molecule has 0 aliphatic carbocycles. The number of aryl methyl sites for hydroxylation is 1. The molecule has 0 atom stereocenters. The lowest BCUT2D eigenvalue weighted by atomic mass is 10.0. The second-order valence-corrected chi connectivity index (χ2v) is 4.76. The Morgan fingerprint density at radius 2 is 1.95 bits per heavy atom. The fourth-order valence-electron chi connectivity index (χ4n) is 2.11. The minimum absolute atomic E-state index is 0.0773. The number of carbonyl (C=O) groups is 1. The first-order chi connectivity index (χ1) is 10.5. The number of amides is 1. The largest absolute Gasteiger partial charge is 0.326 e. The van der Waals surface area contributed by atoms with Gasteiger partial charge in [0.2, 0.25) is 5.91 Å². The molecule has 0 saturated heterocycles. The molecular formula is C15H16N4O3. The fraction of sp³-hybridized carbons (Fsp3) is 0.200. The molecule has 2 rings (SSSR count). The van der Waals surface area contributed by atoms with Crippen LogP contribution in [-0.4, -0.2) is 15.8 Å². The molecule has 1 amide bonds. The first-order valence-corrected chi connectivity index (χ1v) is 6.70. The van der Waals surface area contributed by atoms with Gasteiger partial charge in [-0.15, -0.1) is 0 Å². The lowest BCUT2D eigenvalue weighted by molar-refractivity contribution is -0.385. The van der Waals surface area contributed by atoms with Crippen molar-refractivity contribution < 1.29 is 9.72 Å².